The van der Waals surface area contributed by atoms with Crippen molar-refractivity contribution >= 4 is 40.1 Å². The fourth-order valence-electron chi connectivity index (χ4n) is 3.21. The second-order valence-electron chi connectivity index (χ2n) is 7.12. The second-order valence-corrected chi connectivity index (χ2v) is 8.29. The number of nitrogens with one attached hydrogen (secondary N) is 1. The van der Waals surface area contributed by atoms with Gasteiger partial charge in [0.1, 0.15) is 16.9 Å². The van der Waals surface area contributed by atoms with Gasteiger partial charge in [-0.1, -0.05) is 60.3 Å². The zero-order chi connectivity index (χ0) is 22.5. The van der Waals surface area contributed by atoms with Gasteiger partial charge in [-0.2, -0.15) is 0 Å². The molecule has 1 fully saturated rings. The van der Waals surface area contributed by atoms with Crippen LogP contribution in [0.4, 0.5) is 20.2 Å². The molecule has 1 N–H and O–H groups in total. The summed E-state index contributed by atoms with van der Waals surface area (Å²) in [5.74, 6) is -2.40. The van der Waals surface area contributed by atoms with Gasteiger partial charge < -0.3 is 5.32 Å². The number of benzene rings is 3. The van der Waals surface area contributed by atoms with Crippen LogP contribution in [0.2, 0.25) is 0 Å². The molecule has 0 aromatic heterocycles. The van der Waals surface area contributed by atoms with E-state index in [0.717, 1.165) is 17.7 Å². The van der Waals surface area contributed by atoms with E-state index in [1.807, 2.05) is 60.7 Å². The van der Waals surface area contributed by atoms with E-state index in [9.17, 15) is 18.4 Å². The van der Waals surface area contributed by atoms with Gasteiger partial charge in [-0.05, 0) is 29.8 Å². The molecule has 0 bridgehead atoms. The third-order valence-electron chi connectivity index (χ3n) is 4.76. The topological polar surface area (TPSA) is 61.8 Å². The van der Waals surface area contributed by atoms with Gasteiger partial charge in [-0.15, -0.1) is 0 Å². The molecule has 32 heavy (non-hydrogen) atoms. The fraction of sp³-hybridized carbons (Fsp3) is 0.125. The number of para-hydroxylation sites is 1. The van der Waals surface area contributed by atoms with E-state index < -0.39 is 22.8 Å². The highest BCUT2D eigenvalue weighted by atomic mass is 32.2. The van der Waals surface area contributed by atoms with Gasteiger partial charge in [0.15, 0.2) is 5.17 Å². The van der Waals surface area contributed by atoms with Crippen LogP contribution in [-0.4, -0.2) is 27.1 Å². The van der Waals surface area contributed by atoms with Gasteiger partial charge in [0.25, 0.3) is 0 Å². The van der Waals surface area contributed by atoms with E-state index in [1.54, 1.807) is 4.90 Å². The Morgan fingerprint density at radius 3 is 2.38 bits per heavy atom. The second kappa shape index (κ2) is 9.74. The number of thioether (sulfide) groups is 1. The number of amidine groups is 1. The minimum atomic E-state index is -0.874. The standard InChI is InChI=1S/C24H19F2N3O2S/c25-17-11-12-20(19(26)13-17)28-22(30)14-21-23(31)29(15-16-7-3-1-4-8-16)24(32-21)27-18-9-5-2-6-10-18/h1-13,21H,14-15H2,(H,28,30). The van der Waals surface area contributed by atoms with Crippen LogP contribution in [0.3, 0.4) is 0 Å². The molecule has 1 heterocycles. The summed E-state index contributed by atoms with van der Waals surface area (Å²) in [4.78, 5) is 31.8. The van der Waals surface area contributed by atoms with Crippen molar-refractivity contribution in [3.8, 4) is 0 Å². The zero-order valence-electron chi connectivity index (χ0n) is 16.9. The lowest BCUT2D eigenvalue weighted by molar-refractivity contribution is -0.128. The van der Waals surface area contributed by atoms with Crippen LogP contribution in [0.5, 0.6) is 0 Å². The van der Waals surface area contributed by atoms with Gasteiger partial charge in [-0.25, -0.2) is 13.8 Å². The number of aliphatic imine (C=N–C) groups is 1. The van der Waals surface area contributed by atoms with E-state index in [-0.39, 0.29) is 18.0 Å². The maximum atomic E-state index is 13.9. The summed E-state index contributed by atoms with van der Waals surface area (Å²) in [6.07, 6.45) is -0.167. The maximum Gasteiger partial charge on any atom is 0.242 e. The Labute approximate surface area is 188 Å². The molecule has 1 aliphatic rings. The molecule has 4 rings (SSSR count). The molecular formula is C24H19F2N3O2S. The third-order valence-corrected chi connectivity index (χ3v) is 5.94. The summed E-state index contributed by atoms with van der Waals surface area (Å²) in [5, 5.41) is 2.20. The van der Waals surface area contributed by atoms with Gasteiger partial charge >= 0.3 is 0 Å². The minimum absolute atomic E-state index is 0.133. The summed E-state index contributed by atoms with van der Waals surface area (Å²) in [7, 11) is 0. The molecule has 0 radical (unpaired) electrons. The van der Waals surface area contributed by atoms with E-state index in [4.69, 9.17) is 0 Å². The first-order valence-corrected chi connectivity index (χ1v) is 10.8. The molecule has 0 spiro atoms. The molecule has 1 atom stereocenters. The summed E-state index contributed by atoms with van der Waals surface area (Å²) in [6.45, 7) is 0.322. The van der Waals surface area contributed by atoms with Crippen LogP contribution in [0.25, 0.3) is 0 Å². The van der Waals surface area contributed by atoms with Crippen molar-refractivity contribution < 1.29 is 18.4 Å². The summed E-state index contributed by atoms with van der Waals surface area (Å²) < 4.78 is 26.9. The van der Waals surface area contributed by atoms with Crippen LogP contribution in [-0.2, 0) is 16.1 Å². The average molecular weight is 451 g/mol. The van der Waals surface area contributed by atoms with Gasteiger partial charge in [0, 0.05) is 12.5 Å². The van der Waals surface area contributed by atoms with Crippen molar-refractivity contribution in [1.82, 2.24) is 4.90 Å². The molecule has 2 amide bonds. The van der Waals surface area contributed by atoms with Gasteiger partial charge in [-0.3, -0.25) is 14.5 Å². The largest absolute Gasteiger partial charge is 0.324 e. The fourth-order valence-corrected chi connectivity index (χ4v) is 4.37. The first-order chi connectivity index (χ1) is 15.5. The van der Waals surface area contributed by atoms with E-state index in [1.165, 1.54) is 11.8 Å². The minimum Gasteiger partial charge on any atom is -0.324 e. The van der Waals surface area contributed by atoms with Crippen LogP contribution in [0, 0.1) is 11.6 Å². The van der Waals surface area contributed by atoms with Crippen molar-refractivity contribution in [1.29, 1.82) is 0 Å². The third kappa shape index (κ3) is 5.20. The molecule has 8 heteroatoms. The van der Waals surface area contributed by atoms with Crippen molar-refractivity contribution in [2.75, 3.05) is 5.32 Å². The predicted molar refractivity (Wildman–Crippen MR) is 122 cm³/mol. The number of rotatable bonds is 6. The first-order valence-electron chi connectivity index (χ1n) is 9.90. The quantitative estimate of drug-likeness (QED) is 0.566. The van der Waals surface area contributed by atoms with Crippen LogP contribution < -0.4 is 5.32 Å². The molecule has 1 aliphatic heterocycles. The lowest BCUT2D eigenvalue weighted by Crippen LogP contribution is -2.33. The highest BCUT2D eigenvalue weighted by molar-refractivity contribution is 8.15. The predicted octanol–water partition coefficient (Wildman–Crippen LogP) is 5.13. The maximum absolute atomic E-state index is 13.9. The Morgan fingerprint density at radius 1 is 1.00 bits per heavy atom. The Balaban J connectivity index is 1.53. The zero-order valence-corrected chi connectivity index (χ0v) is 17.7. The lowest BCUT2D eigenvalue weighted by Gasteiger charge is -2.16. The number of anilines is 1. The average Bonchev–Trinajstić information content (AvgIpc) is 3.06. The number of nitrogens with zero attached hydrogens (tertiary/aromatic N) is 2. The van der Waals surface area contributed by atoms with E-state index in [0.29, 0.717) is 23.5 Å². The normalized spacial score (nSPS) is 17.1. The van der Waals surface area contributed by atoms with Crippen molar-refractivity contribution in [2.45, 2.75) is 18.2 Å². The van der Waals surface area contributed by atoms with Crippen LogP contribution in [0.1, 0.15) is 12.0 Å². The highest BCUT2D eigenvalue weighted by Gasteiger charge is 2.39. The number of halogens is 2. The smallest absolute Gasteiger partial charge is 0.242 e. The van der Waals surface area contributed by atoms with E-state index in [2.05, 4.69) is 10.3 Å². The molecule has 3 aromatic carbocycles. The molecule has 0 aliphatic carbocycles. The molecular weight excluding hydrogens is 432 g/mol. The molecule has 5 nitrogen and oxygen atoms in total. The lowest BCUT2D eigenvalue weighted by atomic mass is 10.2. The van der Waals surface area contributed by atoms with E-state index >= 15 is 0 Å². The highest BCUT2D eigenvalue weighted by Crippen LogP contribution is 2.33. The monoisotopic (exact) mass is 451 g/mol. The van der Waals surface area contributed by atoms with Crippen molar-refractivity contribution in [2.24, 2.45) is 4.99 Å². The number of amides is 2. The Bertz CT molecular complexity index is 1160. The number of hydrogen-bond donors (Lipinski definition) is 1. The number of carbonyl (C=O) groups excluding carboxylic acids is 2. The summed E-state index contributed by atoms with van der Waals surface area (Å²) >= 11 is 1.20. The number of hydrogen-bond acceptors (Lipinski definition) is 4. The molecule has 1 saturated heterocycles. The Morgan fingerprint density at radius 2 is 1.69 bits per heavy atom. The van der Waals surface area contributed by atoms with Gasteiger partial charge in [0.2, 0.25) is 11.8 Å². The van der Waals surface area contributed by atoms with Crippen molar-refractivity contribution in [3.05, 3.63) is 96.1 Å². The summed E-state index contributed by atoms with van der Waals surface area (Å²) in [6, 6.07) is 21.6. The summed E-state index contributed by atoms with van der Waals surface area (Å²) in [5.41, 5.74) is 1.49. The molecule has 162 valence electrons. The molecule has 0 saturated carbocycles. The van der Waals surface area contributed by atoms with Gasteiger partial charge in [0.05, 0.1) is 17.9 Å². The van der Waals surface area contributed by atoms with Crippen molar-refractivity contribution in [3.63, 3.8) is 0 Å². The Hall–Kier alpha value is -3.52. The molecule has 1 unspecified atom stereocenters. The van der Waals surface area contributed by atoms with Crippen LogP contribution >= 0.6 is 11.8 Å². The first kappa shape index (κ1) is 21.7. The molecule has 3 aromatic rings. The SMILES string of the molecule is O=C(CC1SC(=Nc2ccccc2)N(Cc2ccccc2)C1=O)Nc1ccc(F)cc1F. The Kier molecular flexibility index (Phi) is 6.61. The number of carbonyl (C=O) groups is 2. The van der Waals surface area contributed by atoms with Crippen LogP contribution in [0.15, 0.2) is 83.9 Å².